The molecule has 0 aliphatic carbocycles. The average molecular weight is 1580 g/mol. The molecular formula is C83H97F3N18O11. The first-order chi connectivity index (χ1) is 54.1. The van der Waals surface area contributed by atoms with E-state index in [1.807, 2.05) is 25.7 Å². The van der Waals surface area contributed by atoms with E-state index in [1.54, 1.807) is 163 Å². The zero-order chi connectivity index (χ0) is 84.2. The minimum absolute atomic E-state index is 0.121. The van der Waals surface area contributed by atoms with Crippen molar-refractivity contribution in [3.05, 3.63) is 211 Å². The first kappa shape index (κ1) is 84.8. The van der Waals surface area contributed by atoms with Crippen LogP contribution in [0.15, 0.2) is 97.7 Å². The summed E-state index contributed by atoms with van der Waals surface area (Å²) >= 11 is 0. The first-order valence-corrected chi connectivity index (χ1v) is 37.5. The number of ketones is 3. The summed E-state index contributed by atoms with van der Waals surface area (Å²) in [5.74, 6) is -6.51. The Bertz CT molecular complexity index is 5350. The van der Waals surface area contributed by atoms with Gasteiger partial charge in [0, 0.05) is 150 Å². The molecule has 6 N–H and O–H groups in total. The molecule has 3 aliphatic heterocycles. The molecule has 0 atom stereocenters. The minimum atomic E-state index is -0.770. The molecular weight excluding hydrogens is 1480 g/mol. The standard InChI is InChI=1S/2C28H33FN6O4.C27H31FN6O3/c1-16-15-19(7-8-20(16)29)31-25(37)22-17(2)23(33(5)18(22)3)24(36)26(38)32-28(4)10-13-35(14-11-28)27(39)21-9-12-30-34(21)6;1-16-13-20(7-8-21(16)29)31-25(37)22-17(2)23(34(6)18(22)3)24(36)26(38)32-28(4)9-11-35(12-10-28)27(39)19-14-30-33(5)15-19;1-16-15-19(7-8-20(16)28)31-24(36)21-17(2)22(33(5)18(21)3)23(35)25(37)32-27(4)9-13-34(14-10-27)26-29-11-6-12-30-26/h7-9,12,15H,10-11,13-14H2,1-6H3,(H,31,37)(H,32,38);7-8,13-15H,9-12H2,1-6H3,(H,31,37)(H,32,38);6-8,11-12,15H,9-10,13-14H2,1-5H3,(H,31,36)(H,32,37). The van der Waals surface area contributed by atoms with Crippen LogP contribution in [0.2, 0.25) is 0 Å². The number of benzene rings is 3. The summed E-state index contributed by atoms with van der Waals surface area (Å²) in [7, 11) is 8.37. The predicted molar refractivity (Wildman–Crippen MR) is 425 cm³/mol. The van der Waals surface area contributed by atoms with E-state index in [9.17, 15) is 65.9 Å². The number of likely N-dealkylation sites (tertiary alicyclic amines) is 2. The Kier molecular flexibility index (Phi) is 25.3. The smallest absolute Gasteiger partial charge is 0.294 e. The van der Waals surface area contributed by atoms with Crippen LogP contribution in [0.5, 0.6) is 0 Å². The van der Waals surface area contributed by atoms with Gasteiger partial charge in [-0.3, -0.25) is 62.1 Å². The second-order valence-corrected chi connectivity index (χ2v) is 30.6. The molecule has 0 radical (unpaired) electrons. The molecule has 0 unspecified atom stereocenters. The maximum atomic E-state index is 13.6. The summed E-state index contributed by atoms with van der Waals surface area (Å²) < 4.78 is 48.6. The number of aromatic nitrogens is 9. The van der Waals surface area contributed by atoms with Crippen LogP contribution in [0.25, 0.3) is 0 Å². The van der Waals surface area contributed by atoms with Crippen molar-refractivity contribution in [2.75, 3.05) is 60.1 Å². The van der Waals surface area contributed by atoms with Crippen LogP contribution in [0.4, 0.5) is 36.2 Å². The Hall–Kier alpha value is -12.6. The molecule has 9 heterocycles. The minimum Gasteiger partial charge on any atom is -0.344 e. The van der Waals surface area contributed by atoms with E-state index in [0.717, 1.165) is 0 Å². The lowest BCUT2D eigenvalue weighted by Crippen LogP contribution is -2.55. The molecule has 6 aromatic heterocycles. The number of halogens is 3. The molecule has 0 spiro atoms. The molecule has 9 aromatic rings. The quantitative estimate of drug-likeness (QED) is 0.0344. The molecule has 3 aliphatic rings. The summed E-state index contributed by atoms with van der Waals surface area (Å²) in [6.07, 6.45) is 11.3. The highest BCUT2D eigenvalue weighted by atomic mass is 19.1. The van der Waals surface area contributed by atoms with Gasteiger partial charge in [-0.2, -0.15) is 10.2 Å². The van der Waals surface area contributed by atoms with Crippen LogP contribution in [-0.4, -0.2) is 174 Å². The summed E-state index contributed by atoms with van der Waals surface area (Å²) in [6.45, 7) is 23.4. The Morgan fingerprint density at radius 3 is 1.05 bits per heavy atom. The predicted octanol–water partition coefficient (Wildman–Crippen LogP) is 9.63. The number of amides is 8. The van der Waals surface area contributed by atoms with Gasteiger partial charge in [-0.1, -0.05) is 0 Å². The highest BCUT2D eigenvalue weighted by Crippen LogP contribution is 2.32. The topological polar surface area (TPSA) is 346 Å². The first-order valence-electron chi connectivity index (χ1n) is 37.5. The summed E-state index contributed by atoms with van der Waals surface area (Å²) in [5.41, 5.74) is 5.61. The molecule has 606 valence electrons. The maximum absolute atomic E-state index is 13.6. The van der Waals surface area contributed by atoms with Crippen molar-refractivity contribution in [1.29, 1.82) is 0 Å². The molecule has 12 rings (SSSR count). The van der Waals surface area contributed by atoms with Gasteiger partial charge in [0.15, 0.2) is 0 Å². The molecule has 115 heavy (non-hydrogen) atoms. The molecule has 0 saturated carbocycles. The largest absolute Gasteiger partial charge is 0.344 e. The van der Waals surface area contributed by atoms with E-state index in [0.29, 0.717) is 168 Å². The highest BCUT2D eigenvalue weighted by Gasteiger charge is 2.41. The molecule has 32 heteroatoms. The molecule has 3 saturated heterocycles. The van der Waals surface area contributed by atoms with Crippen molar-refractivity contribution in [3.63, 3.8) is 0 Å². The second-order valence-electron chi connectivity index (χ2n) is 30.6. The Morgan fingerprint density at radius 2 is 0.748 bits per heavy atom. The van der Waals surface area contributed by atoms with Crippen molar-refractivity contribution in [2.24, 2.45) is 35.2 Å². The van der Waals surface area contributed by atoms with Gasteiger partial charge in [0.05, 0.1) is 45.5 Å². The third-order valence-corrected chi connectivity index (χ3v) is 22.2. The van der Waals surface area contributed by atoms with E-state index in [2.05, 4.69) is 52.1 Å². The highest BCUT2D eigenvalue weighted by molar-refractivity contribution is 6.44. The fourth-order valence-electron chi connectivity index (χ4n) is 14.9. The van der Waals surface area contributed by atoms with E-state index in [1.165, 1.54) is 65.5 Å². The number of nitrogens with one attached hydrogen (secondary N) is 6. The zero-order valence-electron chi connectivity index (χ0n) is 67.7. The number of hydrogen-bond acceptors (Lipinski definition) is 16. The van der Waals surface area contributed by atoms with Gasteiger partial charge in [-0.25, -0.2) is 23.1 Å². The van der Waals surface area contributed by atoms with Crippen molar-refractivity contribution in [1.82, 2.24) is 69.0 Å². The van der Waals surface area contributed by atoms with E-state index in [4.69, 9.17) is 0 Å². The lowest BCUT2D eigenvalue weighted by atomic mass is 9.89. The van der Waals surface area contributed by atoms with Crippen LogP contribution in [0.1, 0.15) is 193 Å². The monoisotopic (exact) mass is 1580 g/mol. The SMILES string of the molecule is Cc1cc(NC(=O)c2c(C)c(C(=O)C(=O)NC3(C)CCN(C(=O)c4ccnn4C)CC3)n(C)c2C)ccc1F.Cc1cc(NC(=O)c2c(C)c(C(=O)C(=O)NC3(C)CCN(C(=O)c4cnn(C)c4)CC3)n(C)c2C)ccc1F.Cc1cc(NC(=O)c2c(C)c(C(=O)C(=O)NC3(C)CCN(c4ncccn4)CC3)n(C)c2C)ccc1F. The number of Topliss-reactive ketones (excluding diaryl/α,β-unsaturated/α-hetero) is 3. The normalized spacial score (nSPS) is 14.7. The number of aryl methyl sites for hydroxylation is 5. The number of anilines is 4. The molecule has 8 amide bonds. The third kappa shape index (κ3) is 18.5. The Labute approximate surface area is 663 Å². The van der Waals surface area contributed by atoms with Crippen LogP contribution < -0.4 is 36.8 Å². The van der Waals surface area contributed by atoms with Crippen LogP contribution in [-0.2, 0) is 49.6 Å². The van der Waals surface area contributed by atoms with E-state index < -0.39 is 69.4 Å². The Morgan fingerprint density at radius 1 is 0.417 bits per heavy atom. The van der Waals surface area contributed by atoms with E-state index >= 15 is 0 Å². The maximum Gasteiger partial charge on any atom is 0.294 e. The number of piperidine rings is 3. The van der Waals surface area contributed by atoms with Crippen molar-refractivity contribution in [3.8, 4) is 0 Å². The fourth-order valence-corrected chi connectivity index (χ4v) is 14.9. The molecule has 3 fully saturated rings. The lowest BCUT2D eigenvalue weighted by molar-refractivity contribution is -0.119. The summed E-state index contributed by atoms with van der Waals surface area (Å²) in [4.78, 5) is 158. The number of carbonyl (C=O) groups excluding carboxylic acids is 11. The van der Waals surface area contributed by atoms with Crippen molar-refractivity contribution < 1.29 is 65.9 Å². The summed E-state index contributed by atoms with van der Waals surface area (Å²) in [5, 5.41) is 25.0. The van der Waals surface area contributed by atoms with Gasteiger partial charge in [0.1, 0.15) is 23.1 Å². The van der Waals surface area contributed by atoms with Crippen LogP contribution in [0.3, 0.4) is 0 Å². The van der Waals surface area contributed by atoms with Gasteiger partial charge in [-0.15, -0.1) is 0 Å². The van der Waals surface area contributed by atoms with E-state index in [-0.39, 0.29) is 57.5 Å². The van der Waals surface area contributed by atoms with Gasteiger partial charge in [0.25, 0.3) is 64.6 Å². The molecule has 0 bridgehead atoms. The van der Waals surface area contributed by atoms with Crippen molar-refractivity contribution >= 4 is 87.6 Å². The van der Waals surface area contributed by atoms with Crippen molar-refractivity contribution in [2.45, 2.75) is 138 Å². The van der Waals surface area contributed by atoms with Gasteiger partial charge < -0.3 is 60.3 Å². The number of rotatable bonds is 18. The van der Waals surface area contributed by atoms with Gasteiger partial charge in [-0.05, 0) is 222 Å². The fraction of sp³-hybridized carbons (Fsp3) is 0.386. The van der Waals surface area contributed by atoms with Gasteiger partial charge >= 0.3 is 0 Å². The lowest BCUT2D eigenvalue weighted by Gasteiger charge is -2.39. The van der Waals surface area contributed by atoms with Crippen LogP contribution >= 0.6 is 0 Å². The number of hydrogen-bond donors (Lipinski definition) is 6. The van der Waals surface area contributed by atoms with Gasteiger partial charge in [0.2, 0.25) is 5.95 Å². The third-order valence-electron chi connectivity index (χ3n) is 22.2. The van der Waals surface area contributed by atoms with Crippen LogP contribution in [0, 0.1) is 79.8 Å². The molecule has 29 nitrogen and oxygen atoms in total. The Balaban J connectivity index is 0.000000182. The summed E-state index contributed by atoms with van der Waals surface area (Å²) in [6, 6.07) is 16.2. The average Bonchev–Trinajstić information content (AvgIpc) is 1.01. The number of carbonyl (C=O) groups is 11. The molecule has 3 aromatic carbocycles. The second kappa shape index (κ2) is 34.4. The number of nitrogens with zero attached hydrogens (tertiary/aromatic N) is 12. The zero-order valence-corrected chi connectivity index (χ0v) is 67.7.